The maximum atomic E-state index is 3.60. The summed E-state index contributed by atoms with van der Waals surface area (Å²) in [5.41, 5.74) is 1.58. The largest absolute Gasteiger partial charge is 0.311 e. The number of likely N-dealkylation sites (N-methyl/N-ethyl adjacent to an activating group) is 1. The van der Waals surface area contributed by atoms with Crippen LogP contribution in [0.5, 0.6) is 0 Å². The first-order chi connectivity index (χ1) is 8.42. The molecule has 0 saturated carbocycles. The summed E-state index contributed by atoms with van der Waals surface area (Å²) in [5, 5.41) is 3.60. The van der Waals surface area contributed by atoms with Gasteiger partial charge in [-0.25, -0.2) is 0 Å². The summed E-state index contributed by atoms with van der Waals surface area (Å²) in [6.45, 7) is 11.0. The summed E-state index contributed by atoms with van der Waals surface area (Å²) in [6, 6.07) is 11.3. The van der Waals surface area contributed by atoms with Crippen LogP contribution in [0.1, 0.15) is 39.7 Å². The van der Waals surface area contributed by atoms with Gasteiger partial charge in [0.1, 0.15) is 0 Å². The van der Waals surface area contributed by atoms with Crippen molar-refractivity contribution >= 4 is 0 Å². The zero-order valence-corrected chi connectivity index (χ0v) is 12.5. The van der Waals surface area contributed by atoms with E-state index < -0.39 is 0 Å². The number of rotatable bonds is 6. The molecule has 2 nitrogen and oxygen atoms in total. The molecule has 0 aromatic heterocycles. The van der Waals surface area contributed by atoms with E-state index in [1.165, 1.54) is 12.0 Å². The van der Waals surface area contributed by atoms with Gasteiger partial charge in [-0.15, -0.1) is 0 Å². The molecule has 1 rings (SSSR count). The molecule has 102 valence electrons. The predicted molar refractivity (Wildman–Crippen MR) is 79.7 cm³/mol. The van der Waals surface area contributed by atoms with Gasteiger partial charge in [0.05, 0.1) is 0 Å². The molecule has 0 heterocycles. The molecular weight excluding hydrogens is 220 g/mol. The van der Waals surface area contributed by atoms with Crippen molar-refractivity contribution in [2.75, 3.05) is 13.6 Å². The van der Waals surface area contributed by atoms with Gasteiger partial charge in [-0.1, -0.05) is 37.3 Å². The van der Waals surface area contributed by atoms with Crippen LogP contribution in [0.25, 0.3) is 0 Å². The SMILES string of the molecule is CCC(CNC(C)(C)C)N(C)Cc1ccccc1. The average molecular weight is 248 g/mol. The molecule has 0 aliphatic rings. The summed E-state index contributed by atoms with van der Waals surface area (Å²) < 4.78 is 0. The fourth-order valence-electron chi connectivity index (χ4n) is 2.04. The van der Waals surface area contributed by atoms with Gasteiger partial charge >= 0.3 is 0 Å². The zero-order chi connectivity index (χ0) is 13.6. The molecule has 0 spiro atoms. The third kappa shape index (κ3) is 5.65. The lowest BCUT2D eigenvalue weighted by atomic mass is 10.1. The molecule has 1 atom stereocenters. The van der Waals surface area contributed by atoms with Crippen molar-refractivity contribution in [1.82, 2.24) is 10.2 Å². The molecule has 0 saturated heterocycles. The highest BCUT2D eigenvalue weighted by Crippen LogP contribution is 2.09. The Morgan fingerprint density at radius 3 is 2.28 bits per heavy atom. The van der Waals surface area contributed by atoms with Gasteiger partial charge in [0.2, 0.25) is 0 Å². The number of benzene rings is 1. The first kappa shape index (κ1) is 15.2. The Morgan fingerprint density at radius 1 is 1.17 bits per heavy atom. The molecule has 0 aliphatic heterocycles. The Labute approximate surface area is 112 Å². The Balaban J connectivity index is 2.49. The lowest BCUT2D eigenvalue weighted by Crippen LogP contribution is -2.46. The highest BCUT2D eigenvalue weighted by atomic mass is 15.2. The second-order valence-corrected chi connectivity index (χ2v) is 6.09. The fourth-order valence-corrected chi connectivity index (χ4v) is 2.04. The number of hydrogen-bond donors (Lipinski definition) is 1. The highest BCUT2D eigenvalue weighted by Gasteiger charge is 2.16. The Hall–Kier alpha value is -0.860. The van der Waals surface area contributed by atoms with Crippen LogP contribution < -0.4 is 5.32 Å². The lowest BCUT2D eigenvalue weighted by Gasteiger charge is -2.31. The van der Waals surface area contributed by atoms with Crippen molar-refractivity contribution in [2.45, 2.75) is 52.2 Å². The van der Waals surface area contributed by atoms with Crippen molar-refractivity contribution in [3.63, 3.8) is 0 Å². The highest BCUT2D eigenvalue weighted by molar-refractivity contribution is 5.14. The smallest absolute Gasteiger partial charge is 0.0234 e. The number of nitrogens with zero attached hydrogens (tertiary/aromatic N) is 1. The van der Waals surface area contributed by atoms with E-state index in [1.54, 1.807) is 0 Å². The van der Waals surface area contributed by atoms with E-state index in [1.807, 2.05) is 0 Å². The standard InChI is InChI=1S/C16H28N2/c1-6-15(12-17-16(2,3)4)18(5)13-14-10-8-7-9-11-14/h7-11,15,17H,6,12-13H2,1-5H3. The number of hydrogen-bond acceptors (Lipinski definition) is 2. The van der Waals surface area contributed by atoms with E-state index in [0.29, 0.717) is 6.04 Å². The van der Waals surface area contributed by atoms with E-state index in [2.05, 4.69) is 75.3 Å². The van der Waals surface area contributed by atoms with Crippen LogP contribution in [-0.2, 0) is 6.54 Å². The van der Waals surface area contributed by atoms with E-state index in [4.69, 9.17) is 0 Å². The minimum absolute atomic E-state index is 0.195. The van der Waals surface area contributed by atoms with Crippen LogP contribution in [0.3, 0.4) is 0 Å². The van der Waals surface area contributed by atoms with Gasteiger partial charge < -0.3 is 5.32 Å². The van der Waals surface area contributed by atoms with E-state index in [0.717, 1.165) is 13.1 Å². The van der Waals surface area contributed by atoms with Crippen LogP contribution in [0.4, 0.5) is 0 Å². The Bertz CT molecular complexity index is 327. The summed E-state index contributed by atoms with van der Waals surface area (Å²) in [5.74, 6) is 0. The van der Waals surface area contributed by atoms with Gasteiger partial charge in [-0.2, -0.15) is 0 Å². The van der Waals surface area contributed by atoms with Crippen molar-refractivity contribution in [2.24, 2.45) is 0 Å². The lowest BCUT2D eigenvalue weighted by molar-refractivity contribution is 0.208. The fraction of sp³-hybridized carbons (Fsp3) is 0.625. The van der Waals surface area contributed by atoms with Crippen molar-refractivity contribution in [3.05, 3.63) is 35.9 Å². The molecule has 0 fully saturated rings. The van der Waals surface area contributed by atoms with Crippen LogP contribution in [-0.4, -0.2) is 30.1 Å². The molecule has 18 heavy (non-hydrogen) atoms. The quantitative estimate of drug-likeness (QED) is 0.831. The summed E-state index contributed by atoms with van der Waals surface area (Å²) in [7, 11) is 2.21. The molecule has 0 aliphatic carbocycles. The second kappa shape index (κ2) is 6.91. The van der Waals surface area contributed by atoms with Gasteiger partial charge in [-0.3, -0.25) is 4.90 Å². The van der Waals surface area contributed by atoms with E-state index in [-0.39, 0.29) is 5.54 Å². The van der Waals surface area contributed by atoms with E-state index in [9.17, 15) is 0 Å². The summed E-state index contributed by atoms with van der Waals surface area (Å²) in [4.78, 5) is 2.44. The average Bonchev–Trinajstić information content (AvgIpc) is 2.29. The molecule has 0 radical (unpaired) electrons. The zero-order valence-electron chi connectivity index (χ0n) is 12.5. The van der Waals surface area contributed by atoms with Gasteiger partial charge in [0.15, 0.2) is 0 Å². The topological polar surface area (TPSA) is 15.3 Å². The van der Waals surface area contributed by atoms with Gasteiger partial charge in [0, 0.05) is 24.7 Å². The molecule has 2 heteroatoms. The van der Waals surface area contributed by atoms with Crippen LogP contribution in [0, 0.1) is 0 Å². The monoisotopic (exact) mass is 248 g/mol. The molecule has 1 aromatic carbocycles. The van der Waals surface area contributed by atoms with Gasteiger partial charge in [0.25, 0.3) is 0 Å². The molecule has 1 N–H and O–H groups in total. The van der Waals surface area contributed by atoms with Crippen molar-refractivity contribution in [3.8, 4) is 0 Å². The third-order valence-electron chi connectivity index (χ3n) is 3.24. The first-order valence-corrected chi connectivity index (χ1v) is 6.91. The minimum atomic E-state index is 0.195. The Kier molecular flexibility index (Phi) is 5.83. The normalized spacial score (nSPS) is 13.9. The van der Waals surface area contributed by atoms with Gasteiger partial charge in [-0.05, 0) is 39.8 Å². The molecule has 0 bridgehead atoms. The molecule has 1 unspecified atom stereocenters. The van der Waals surface area contributed by atoms with E-state index >= 15 is 0 Å². The Morgan fingerprint density at radius 2 is 1.78 bits per heavy atom. The third-order valence-corrected chi connectivity index (χ3v) is 3.24. The maximum absolute atomic E-state index is 3.60. The van der Waals surface area contributed by atoms with Crippen LogP contribution in [0.2, 0.25) is 0 Å². The molecular formula is C16H28N2. The van der Waals surface area contributed by atoms with Crippen molar-refractivity contribution < 1.29 is 0 Å². The maximum Gasteiger partial charge on any atom is 0.0234 e. The summed E-state index contributed by atoms with van der Waals surface area (Å²) >= 11 is 0. The van der Waals surface area contributed by atoms with Crippen molar-refractivity contribution in [1.29, 1.82) is 0 Å². The van der Waals surface area contributed by atoms with Crippen LogP contribution >= 0.6 is 0 Å². The molecule has 1 aromatic rings. The predicted octanol–water partition coefficient (Wildman–Crippen LogP) is 3.29. The minimum Gasteiger partial charge on any atom is -0.311 e. The summed E-state index contributed by atoms with van der Waals surface area (Å²) in [6.07, 6.45) is 1.17. The molecule has 0 amide bonds. The first-order valence-electron chi connectivity index (χ1n) is 6.91. The number of nitrogens with one attached hydrogen (secondary N) is 1. The second-order valence-electron chi connectivity index (χ2n) is 6.09. The van der Waals surface area contributed by atoms with Crippen LogP contribution in [0.15, 0.2) is 30.3 Å².